The number of furan rings is 3. The fourth-order valence-corrected chi connectivity index (χ4v) is 10.5. The quantitative estimate of drug-likeness (QED) is 0.486. The molecule has 0 aliphatic carbocycles. The Morgan fingerprint density at radius 2 is 1.16 bits per heavy atom. The van der Waals surface area contributed by atoms with Crippen LogP contribution in [0.3, 0.4) is 0 Å². The maximum absolute atomic E-state index is 15.9. The molecule has 0 aliphatic rings. The van der Waals surface area contributed by atoms with Crippen molar-refractivity contribution < 1.29 is 17.6 Å². The van der Waals surface area contributed by atoms with E-state index in [1.807, 2.05) is 30.3 Å². The molecule has 124 valence electrons. The third-order valence-electron chi connectivity index (χ3n) is 4.12. The first-order valence-electron chi connectivity index (χ1n) is 7.86. The molecule has 0 amide bonds. The van der Waals surface area contributed by atoms with E-state index in [-0.39, 0.29) is 4.66 Å². The fourth-order valence-electron chi connectivity index (χ4n) is 3.00. The van der Waals surface area contributed by atoms with Gasteiger partial charge in [-0.1, -0.05) is 0 Å². The Labute approximate surface area is 146 Å². The molecule has 1 aromatic carbocycles. The van der Waals surface area contributed by atoms with Crippen molar-refractivity contribution in [2.45, 2.75) is 0 Å². The van der Waals surface area contributed by atoms with Gasteiger partial charge >= 0.3 is 147 Å². The Bertz CT molecular complexity index is 856. The second kappa shape index (κ2) is 6.64. The van der Waals surface area contributed by atoms with Crippen LogP contribution in [0.25, 0.3) is 6.08 Å². The van der Waals surface area contributed by atoms with Crippen LogP contribution in [-0.4, -0.2) is 13.3 Å². The second-order valence-electron chi connectivity index (χ2n) is 5.58. The number of rotatable bonds is 5. The first-order valence-corrected chi connectivity index (χ1v) is 12.1. The SMILES string of the molecule is F/[C](=C\c1ccccc1)[Ge]([c]1ccco1)([c]1ccco1)[c]1ccco1. The molecule has 0 aliphatic heterocycles. The molecule has 0 spiro atoms. The van der Waals surface area contributed by atoms with Crippen molar-refractivity contribution in [3.05, 3.63) is 95.7 Å². The zero-order chi connectivity index (χ0) is 17.1. The molecule has 3 aromatic heterocycles. The molecule has 3 heterocycles. The number of hydrogen-bond acceptors (Lipinski definition) is 3. The van der Waals surface area contributed by atoms with Crippen LogP contribution in [0.15, 0.2) is 103 Å². The van der Waals surface area contributed by atoms with Crippen LogP contribution in [0.5, 0.6) is 0 Å². The van der Waals surface area contributed by atoms with E-state index in [0.717, 1.165) is 5.56 Å². The van der Waals surface area contributed by atoms with Crippen LogP contribution in [0.4, 0.5) is 4.39 Å². The summed E-state index contributed by atoms with van der Waals surface area (Å²) in [4.78, 5) is 0. The zero-order valence-electron chi connectivity index (χ0n) is 13.3. The average molecular weight is 395 g/mol. The van der Waals surface area contributed by atoms with Crippen molar-refractivity contribution >= 4 is 33.1 Å². The summed E-state index contributed by atoms with van der Waals surface area (Å²) in [5.41, 5.74) is 0.777. The van der Waals surface area contributed by atoms with Gasteiger partial charge in [0.05, 0.1) is 0 Å². The van der Waals surface area contributed by atoms with E-state index in [2.05, 4.69) is 0 Å². The van der Waals surface area contributed by atoms with Gasteiger partial charge in [-0.3, -0.25) is 0 Å². The maximum atomic E-state index is 15.9. The third-order valence-corrected chi connectivity index (χ3v) is 12.4. The predicted octanol–water partition coefficient (Wildman–Crippen LogP) is 3.49. The van der Waals surface area contributed by atoms with E-state index < -0.39 is 13.3 Å². The van der Waals surface area contributed by atoms with Crippen LogP contribution in [-0.2, 0) is 0 Å². The Kier molecular flexibility index (Phi) is 4.19. The van der Waals surface area contributed by atoms with E-state index in [1.165, 1.54) is 0 Å². The first-order chi connectivity index (χ1) is 12.3. The topological polar surface area (TPSA) is 39.4 Å². The van der Waals surface area contributed by atoms with Gasteiger partial charge in [-0.05, 0) is 0 Å². The molecule has 0 fully saturated rings. The summed E-state index contributed by atoms with van der Waals surface area (Å²) in [5.74, 6) is 0. The predicted molar refractivity (Wildman–Crippen MR) is 96.3 cm³/mol. The molecule has 0 saturated carbocycles. The van der Waals surface area contributed by atoms with Gasteiger partial charge in [-0.15, -0.1) is 0 Å². The normalized spacial score (nSPS) is 12.4. The van der Waals surface area contributed by atoms with Crippen LogP contribution in [0.1, 0.15) is 5.56 Å². The van der Waals surface area contributed by atoms with Gasteiger partial charge in [0.1, 0.15) is 0 Å². The number of halogens is 1. The summed E-state index contributed by atoms with van der Waals surface area (Å²) in [6.45, 7) is 0. The van der Waals surface area contributed by atoms with Crippen molar-refractivity contribution in [2.24, 2.45) is 0 Å². The van der Waals surface area contributed by atoms with Crippen molar-refractivity contribution in [3.8, 4) is 0 Å². The van der Waals surface area contributed by atoms with Crippen molar-refractivity contribution in [1.82, 2.24) is 0 Å². The second-order valence-corrected chi connectivity index (χ2v) is 12.8. The zero-order valence-corrected chi connectivity index (χ0v) is 15.4. The Morgan fingerprint density at radius 1 is 0.680 bits per heavy atom. The monoisotopic (exact) mass is 396 g/mol. The summed E-state index contributed by atoms with van der Waals surface area (Å²) in [6.07, 6.45) is 6.21. The summed E-state index contributed by atoms with van der Waals surface area (Å²) in [5, 5.41) is 0. The first kappa shape index (κ1) is 15.8. The van der Waals surface area contributed by atoms with Gasteiger partial charge in [0, 0.05) is 0 Å². The fraction of sp³-hybridized carbons (Fsp3) is 0. The van der Waals surface area contributed by atoms with Gasteiger partial charge in [0.25, 0.3) is 0 Å². The summed E-state index contributed by atoms with van der Waals surface area (Å²) >= 11 is -4.04. The van der Waals surface area contributed by atoms with E-state index in [4.69, 9.17) is 13.3 Å². The van der Waals surface area contributed by atoms with Crippen LogP contribution < -0.4 is 13.8 Å². The molecular weight excluding hydrogens is 380 g/mol. The number of benzene rings is 1. The third kappa shape index (κ3) is 2.68. The molecule has 0 bridgehead atoms. The molecule has 0 unspecified atom stereocenters. The molecule has 4 rings (SSSR count). The van der Waals surface area contributed by atoms with Crippen LogP contribution >= 0.6 is 0 Å². The molecule has 4 aromatic rings. The van der Waals surface area contributed by atoms with E-state index in [9.17, 15) is 0 Å². The Morgan fingerprint density at radius 3 is 1.56 bits per heavy atom. The van der Waals surface area contributed by atoms with Crippen molar-refractivity contribution in [3.63, 3.8) is 0 Å². The molecular formula is C20H15FGeO3. The van der Waals surface area contributed by atoms with E-state index >= 15 is 4.39 Å². The average Bonchev–Trinajstić information content (AvgIpc) is 3.41. The Balaban J connectivity index is 2.00. The molecule has 3 nitrogen and oxygen atoms in total. The van der Waals surface area contributed by atoms with Gasteiger partial charge in [0.15, 0.2) is 0 Å². The summed E-state index contributed by atoms with van der Waals surface area (Å²) in [6, 6.07) is 20.0. The van der Waals surface area contributed by atoms with Gasteiger partial charge < -0.3 is 0 Å². The van der Waals surface area contributed by atoms with Crippen molar-refractivity contribution in [2.75, 3.05) is 0 Å². The van der Waals surface area contributed by atoms with Crippen LogP contribution in [0.2, 0.25) is 0 Å². The molecule has 0 saturated heterocycles. The minimum absolute atomic E-state index is 0.272. The molecule has 0 atom stereocenters. The molecule has 0 radical (unpaired) electrons. The van der Waals surface area contributed by atoms with Crippen molar-refractivity contribution in [1.29, 1.82) is 0 Å². The molecule has 0 N–H and O–H groups in total. The Hall–Kier alpha value is -2.73. The minimum atomic E-state index is -4.04. The van der Waals surface area contributed by atoms with Gasteiger partial charge in [-0.2, -0.15) is 0 Å². The number of hydrogen-bond donors (Lipinski definition) is 0. The summed E-state index contributed by atoms with van der Waals surface area (Å²) in [7, 11) is 0. The molecule has 5 heteroatoms. The molecule has 25 heavy (non-hydrogen) atoms. The van der Waals surface area contributed by atoms with Gasteiger partial charge in [-0.25, -0.2) is 0 Å². The van der Waals surface area contributed by atoms with Gasteiger partial charge in [0.2, 0.25) is 0 Å². The summed E-state index contributed by atoms with van der Waals surface area (Å²) < 4.78 is 34.3. The van der Waals surface area contributed by atoms with E-state index in [1.54, 1.807) is 61.3 Å². The van der Waals surface area contributed by atoms with Crippen LogP contribution in [0, 0.1) is 0 Å². The van der Waals surface area contributed by atoms with E-state index in [0.29, 0.717) is 13.8 Å². The standard InChI is InChI=1S/C20H15FGeO3/c21-17(15-16-7-2-1-3-8-16)22(18-9-4-12-23-18,19-10-5-13-24-19)20-11-6-14-25-20/h1-15H/b17-15+.